The number of carbonyl (C=O) groups excluding carboxylic acids is 2. The molecule has 2 atom stereocenters. The van der Waals surface area contributed by atoms with E-state index >= 15 is 0 Å². The minimum atomic E-state index is -0.662. The molecule has 0 saturated heterocycles. The lowest BCUT2D eigenvalue weighted by atomic mass is 10.0. The summed E-state index contributed by atoms with van der Waals surface area (Å²) >= 11 is 0. The molecular weight excluding hydrogens is 995 g/mol. The highest BCUT2D eigenvalue weighted by atomic mass is 16.5. The Morgan fingerprint density at radius 3 is 0.975 bits per heavy atom. The van der Waals surface area contributed by atoms with Gasteiger partial charge in [-0.3, -0.25) is 9.59 Å². The molecule has 2 unspecified atom stereocenters. The molecule has 0 aromatic rings. The van der Waals surface area contributed by atoms with Crippen LogP contribution in [-0.2, 0) is 14.3 Å². The van der Waals surface area contributed by atoms with Crippen molar-refractivity contribution in [2.75, 3.05) is 13.2 Å². The van der Waals surface area contributed by atoms with Gasteiger partial charge >= 0.3 is 5.97 Å². The standard InChI is InChI=1S/C75H143NO5/c1-3-5-7-9-11-13-15-17-19-36-41-45-49-53-57-61-65-69-75(80)81-70-66-62-58-54-50-46-42-38-35-33-31-29-27-25-23-21-20-22-24-26-28-30-32-34-37-40-44-48-52-56-60-64-68-74(79)76-72(71-77)73(78)67-63-59-55-51-47-43-39-18-16-14-12-10-8-6-4-2/h11,13,17,19,23,25,72-73,77-78H,3-10,12,14-16,18,20-22,24,26-71H2,1-2H3,(H,76,79)/b13-11-,19-17-,25-23-. The van der Waals surface area contributed by atoms with Gasteiger partial charge in [-0.05, 0) is 83.5 Å². The van der Waals surface area contributed by atoms with E-state index in [0.29, 0.717) is 25.9 Å². The van der Waals surface area contributed by atoms with Crippen LogP contribution in [0.1, 0.15) is 406 Å². The average molecular weight is 1140 g/mol. The van der Waals surface area contributed by atoms with Crippen LogP contribution in [0.25, 0.3) is 0 Å². The highest BCUT2D eigenvalue weighted by molar-refractivity contribution is 5.76. The van der Waals surface area contributed by atoms with Crippen molar-refractivity contribution in [3.05, 3.63) is 36.5 Å². The maximum absolute atomic E-state index is 12.5. The molecule has 0 aliphatic carbocycles. The number of allylic oxidation sites excluding steroid dienone is 6. The van der Waals surface area contributed by atoms with Gasteiger partial charge < -0.3 is 20.3 Å². The number of esters is 1. The Hall–Kier alpha value is -1.92. The van der Waals surface area contributed by atoms with Crippen LogP contribution in [0.2, 0.25) is 0 Å². The van der Waals surface area contributed by atoms with Crippen LogP contribution in [0.4, 0.5) is 0 Å². The molecule has 0 heterocycles. The third kappa shape index (κ3) is 67.1. The Balaban J connectivity index is 3.34. The van der Waals surface area contributed by atoms with E-state index in [9.17, 15) is 19.8 Å². The first-order valence-electron chi connectivity index (χ1n) is 36.7. The number of hydrogen-bond acceptors (Lipinski definition) is 5. The Morgan fingerprint density at radius 2 is 0.617 bits per heavy atom. The van der Waals surface area contributed by atoms with Gasteiger partial charge in [0.1, 0.15) is 0 Å². The van der Waals surface area contributed by atoms with Crippen molar-refractivity contribution < 1.29 is 24.5 Å². The molecule has 0 spiro atoms. The lowest BCUT2D eigenvalue weighted by Gasteiger charge is -2.22. The summed E-state index contributed by atoms with van der Waals surface area (Å²) < 4.78 is 5.50. The number of rotatable bonds is 69. The van der Waals surface area contributed by atoms with Gasteiger partial charge in [0.2, 0.25) is 5.91 Å². The molecule has 0 aromatic heterocycles. The lowest BCUT2D eigenvalue weighted by Crippen LogP contribution is -2.45. The van der Waals surface area contributed by atoms with Crippen molar-refractivity contribution in [1.82, 2.24) is 5.32 Å². The van der Waals surface area contributed by atoms with Gasteiger partial charge in [0.25, 0.3) is 0 Å². The summed E-state index contributed by atoms with van der Waals surface area (Å²) in [5.41, 5.74) is 0. The molecule has 0 rings (SSSR count). The van der Waals surface area contributed by atoms with Crippen LogP contribution in [-0.4, -0.2) is 47.4 Å². The first kappa shape index (κ1) is 79.1. The number of aliphatic hydroxyl groups is 2. The fraction of sp³-hybridized carbons (Fsp3) is 0.893. The zero-order chi connectivity index (χ0) is 58.5. The van der Waals surface area contributed by atoms with Gasteiger partial charge in [0, 0.05) is 12.8 Å². The zero-order valence-electron chi connectivity index (χ0n) is 54.8. The van der Waals surface area contributed by atoms with Gasteiger partial charge in [-0.1, -0.05) is 346 Å². The molecular formula is C75H143NO5. The molecule has 0 saturated carbocycles. The molecule has 0 aliphatic heterocycles. The van der Waals surface area contributed by atoms with Crippen LogP contribution in [0, 0.1) is 0 Å². The first-order valence-corrected chi connectivity index (χ1v) is 36.7. The highest BCUT2D eigenvalue weighted by Crippen LogP contribution is 2.19. The normalized spacial score (nSPS) is 12.7. The quantitative estimate of drug-likeness (QED) is 0.0320. The average Bonchev–Trinajstić information content (AvgIpc) is 3.47. The monoisotopic (exact) mass is 1140 g/mol. The summed E-state index contributed by atoms with van der Waals surface area (Å²) in [7, 11) is 0. The van der Waals surface area contributed by atoms with Crippen LogP contribution in [0.15, 0.2) is 36.5 Å². The van der Waals surface area contributed by atoms with Crippen LogP contribution in [0.3, 0.4) is 0 Å². The second kappa shape index (κ2) is 70.6. The third-order valence-corrected chi connectivity index (χ3v) is 17.2. The summed E-state index contributed by atoms with van der Waals surface area (Å²) in [6, 6.07) is -0.539. The molecule has 3 N–H and O–H groups in total. The van der Waals surface area contributed by atoms with Crippen molar-refractivity contribution in [3.8, 4) is 0 Å². The molecule has 0 fully saturated rings. The molecule has 0 aliphatic rings. The van der Waals surface area contributed by atoms with Crippen molar-refractivity contribution >= 4 is 11.9 Å². The maximum Gasteiger partial charge on any atom is 0.305 e. The Bertz CT molecular complexity index is 1310. The largest absolute Gasteiger partial charge is 0.466 e. The van der Waals surface area contributed by atoms with E-state index in [1.165, 1.54) is 321 Å². The van der Waals surface area contributed by atoms with Gasteiger partial charge in [0.05, 0.1) is 25.4 Å². The second-order valence-electron chi connectivity index (χ2n) is 25.3. The first-order chi connectivity index (χ1) is 40.0. The van der Waals surface area contributed by atoms with Gasteiger partial charge in [-0.15, -0.1) is 0 Å². The minimum Gasteiger partial charge on any atom is -0.466 e. The lowest BCUT2D eigenvalue weighted by molar-refractivity contribution is -0.143. The summed E-state index contributed by atoms with van der Waals surface area (Å²) in [6.07, 6.45) is 90.7. The number of ether oxygens (including phenoxy) is 1. The number of nitrogens with one attached hydrogen (secondary N) is 1. The van der Waals surface area contributed by atoms with E-state index in [0.717, 1.165) is 51.4 Å². The van der Waals surface area contributed by atoms with Crippen LogP contribution < -0.4 is 5.32 Å². The summed E-state index contributed by atoms with van der Waals surface area (Å²) in [5.74, 6) is -0.0187. The fourth-order valence-corrected chi connectivity index (χ4v) is 11.6. The van der Waals surface area contributed by atoms with E-state index in [2.05, 4.69) is 55.6 Å². The van der Waals surface area contributed by atoms with Crippen molar-refractivity contribution in [3.63, 3.8) is 0 Å². The summed E-state index contributed by atoms with van der Waals surface area (Å²) in [4.78, 5) is 24.6. The van der Waals surface area contributed by atoms with E-state index < -0.39 is 12.1 Å². The highest BCUT2D eigenvalue weighted by Gasteiger charge is 2.20. The molecule has 6 nitrogen and oxygen atoms in total. The smallest absolute Gasteiger partial charge is 0.305 e. The second-order valence-corrected chi connectivity index (χ2v) is 25.3. The number of unbranched alkanes of at least 4 members (excludes halogenated alkanes) is 52. The SMILES string of the molecule is CCCCC/C=C\C/C=C\CCCCCCCCCC(=O)OCCCCCCCCCCCCCC/C=C\CCCCCCCCCCCCCCCCCCC(=O)NC(CO)C(O)CCCCCCCCCCCCCCCCC. The van der Waals surface area contributed by atoms with Crippen molar-refractivity contribution in [1.29, 1.82) is 0 Å². The van der Waals surface area contributed by atoms with Crippen LogP contribution >= 0.6 is 0 Å². The molecule has 0 bridgehead atoms. The zero-order valence-corrected chi connectivity index (χ0v) is 54.8. The van der Waals surface area contributed by atoms with Gasteiger partial charge in [-0.2, -0.15) is 0 Å². The van der Waals surface area contributed by atoms with E-state index in [4.69, 9.17) is 4.74 Å². The van der Waals surface area contributed by atoms with E-state index in [1.54, 1.807) is 0 Å². The van der Waals surface area contributed by atoms with Crippen molar-refractivity contribution in [2.45, 2.75) is 418 Å². The third-order valence-electron chi connectivity index (χ3n) is 17.2. The van der Waals surface area contributed by atoms with E-state index in [-0.39, 0.29) is 18.5 Å². The minimum absolute atomic E-state index is 0.0109. The molecule has 0 radical (unpaired) electrons. The summed E-state index contributed by atoms with van der Waals surface area (Å²) in [5, 5.41) is 23.3. The Kier molecular flexibility index (Phi) is 68.9. The van der Waals surface area contributed by atoms with Gasteiger partial charge in [-0.25, -0.2) is 0 Å². The molecule has 1 amide bonds. The summed E-state index contributed by atoms with van der Waals surface area (Å²) in [6.45, 7) is 4.96. The molecule has 81 heavy (non-hydrogen) atoms. The predicted octanol–water partition coefficient (Wildman–Crippen LogP) is 23.9. The maximum atomic E-state index is 12.5. The Labute approximate surface area is 506 Å². The Morgan fingerprint density at radius 1 is 0.346 bits per heavy atom. The predicted molar refractivity (Wildman–Crippen MR) is 356 cm³/mol. The topological polar surface area (TPSA) is 95.9 Å². The number of hydrogen-bond donors (Lipinski definition) is 3. The number of aliphatic hydroxyl groups excluding tert-OH is 2. The van der Waals surface area contributed by atoms with Crippen LogP contribution in [0.5, 0.6) is 0 Å². The fourth-order valence-electron chi connectivity index (χ4n) is 11.6. The van der Waals surface area contributed by atoms with Crippen molar-refractivity contribution in [2.24, 2.45) is 0 Å². The van der Waals surface area contributed by atoms with E-state index in [1.807, 2.05) is 0 Å². The molecule has 6 heteroatoms. The molecule has 0 aromatic carbocycles. The number of amides is 1. The molecule has 478 valence electrons. The number of carbonyl (C=O) groups is 2. The van der Waals surface area contributed by atoms with Gasteiger partial charge in [0.15, 0.2) is 0 Å².